The van der Waals surface area contributed by atoms with Gasteiger partial charge in [-0.25, -0.2) is 0 Å². The van der Waals surface area contributed by atoms with Gasteiger partial charge in [-0.15, -0.1) is 0 Å². The standard InChI is InChI=1S/C15H22N2O/c1-4-17(5-2)15(18)10-12-7-6-8-14-13(12)9-11(3)16-14/h6-9,15-16,18H,4-5,10H2,1-3H3. The lowest BCUT2D eigenvalue weighted by Crippen LogP contribution is -2.36. The van der Waals surface area contributed by atoms with E-state index >= 15 is 0 Å². The Balaban J connectivity index is 2.26. The predicted molar refractivity (Wildman–Crippen MR) is 75.7 cm³/mol. The van der Waals surface area contributed by atoms with Gasteiger partial charge in [0.05, 0.1) is 0 Å². The molecule has 0 aliphatic rings. The molecule has 3 nitrogen and oxygen atoms in total. The van der Waals surface area contributed by atoms with Crippen LogP contribution in [0, 0.1) is 6.92 Å². The first kappa shape index (κ1) is 13.1. The Bertz CT molecular complexity index is 514. The van der Waals surface area contributed by atoms with E-state index in [-0.39, 0.29) is 0 Å². The Hall–Kier alpha value is -1.32. The summed E-state index contributed by atoms with van der Waals surface area (Å²) in [6, 6.07) is 8.38. The van der Waals surface area contributed by atoms with Crippen LogP contribution in [0.2, 0.25) is 0 Å². The highest BCUT2D eigenvalue weighted by molar-refractivity contribution is 5.83. The highest BCUT2D eigenvalue weighted by Gasteiger charge is 2.14. The van der Waals surface area contributed by atoms with Crippen molar-refractivity contribution < 1.29 is 5.11 Å². The Morgan fingerprint density at radius 1 is 1.28 bits per heavy atom. The zero-order chi connectivity index (χ0) is 13.1. The van der Waals surface area contributed by atoms with Gasteiger partial charge in [-0.05, 0) is 37.7 Å². The normalized spacial score (nSPS) is 13.4. The zero-order valence-electron chi connectivity index (χ0n) is 11.4. The Morgan fingerprint density at radius 3 is 2.67 bits per heavy atom. The van der Waals surface area contributed by atoms with Gasteiger partial charge in [0.15, 0.2) is 0 Å². The molecule has 2 aromatic rings. The average molecular weight is 246 g/mol. The first-order chi connectivity index (χ1) is 8.65. The molecule has 1 aromatic carbocycles. The highest BCUT2D eigenvalue weighted by Crippen LogP contribution is 2.21. The fourth-order valence-corrected chi connectivity index (χ4v) is 2.51. The second-order valence-corrected chi connectivity index (χ2v) is 4.74. The fourth-order valence-electron chi connectivity index (χ4n) is 2.51. The van der Waals surface area contributed by atoms with Gasteiger partial charge in [0.2, 0.25) is 0 Å². The van der Waals surface area contributed by atoms with E-state index in [1.165, 1.54) is 10.9 Å². The third kappa shape index (κ3) is 2.57. The van der Waals surface area contributed by atoms with Crippen LogP contribution in [0.25, 0.3) is 10.9 Å². The number of nitrogens with one attached hydrogen (secondary N) is 1. The van der Waals surface area contributed by atoms with Crippen molar-refractivity contribution >= 4 is 10.9 Å². The smallest absolute Gasteiger partial charge is 0.111 e. The van der Waals surface area contributed by atoms with Gasteiger partial charge in [-0.1, -0.05) is 26.0 Å². The number of aliphatic hydroxyl groups is 1. The number of hydrogen-bond acceptors (Lipinski definition) is 2. The third-order valence-corrected chi connectivity index (χ3v) is 3.53. The summed E-state index contributed by atoms with van der Waals surface area (Å²) < 4.78 is 0. The molecule has 2 rings (SSSR count). The summed E-state index contributed by atoms with van der Waals surface area (Å²) in [5.41, 5.74) is 3.52. The maximum Gasteiger partial charge on any atom is 0.111 e. The maximum absolute atomic E-state index is 10.2. The zero-order valence-corrected chi connectivity index (χ0v) is 11.4. The summed E-state index contributed by atoms with van der Waals surface area (Å²) in [6.07, 6.45) is 0.275. The summed E-state index contributed by atoms with van der Waals surface area (Å²) in [5, 5.41) is 11.5. The molecule has 1 heterocycles. The number of rotatable bonds is 5. The van der Waals surface area contributed by atoms with Crippen molar-refractivity contribution in [2.24, 2.45) is 0 Å². The number of nitrogens with zero attached hydrogens (tertiary/aromatic N) is 1. The van der Waals surface area contributed by atoms with Crippen molar-refractivity contribution in [2.45, 2.75) is 33.4 Å². The van der Waals surface area contributed by atoms with Gasteiger partial charge in [0, 0.05) is 23.0 Å². The number of H-pyrrole nitrogens is 1. The molecule has 0 aliphatic heterocycles. The monoisotopic (exact) mass is 246 g/mol. The first-order valence-electron chi connectivity index (χ1n) is 6.65. The lowest BCUT2D eigenvalue weighted by atomic mass is 10.1. The number of fused-ring (bicyclic) bond motifs is 1. The van der Waals surface area contributed by atoms with E-state index in [4.69, 9.17) is 0 Å². The van der Waals surface area contributed by atoms with Crippen LogP contribution in [0.15, 0.2) is 24.3 Å². The second-order valence-electron chi connectivity index (χ2n) is 4.74. The lowest BCUT2D eigenvalue weighted by molar-refractivity contribution is 0.0118. The molecule has 0 radical (unpaired) electrons. The van der Waals surface area contributed by atoms with Crippen molar-refractivity contribution in [2.75, 3.05) is 13.1 Å². The van der Waals surface area contributed by atoms with Gasteiger partial charge < -0.3 is 10.1 Å². The number of aromatic nitrogens is 1. The minimum atomic E-state index is -0.402. The van der Waals surface area contributed by atoms with E-state index in [9.17, 15) is 5.11 Å². The SMILES string of the molecule is CCN(CC)C(O)Cc1cccc2[nH]c(C)cc12. The summed E-state index contributed by atoms with van der Waals surface area (Å²) >= 11 is 0. The second kappa shape index (κ2) is 5.55. The Labute approximate surface area is 108 Å². The van der Waals surface area contributed by atoms with E-state index < -0.39 is 6.23 Å². The minimum Gasteiger partial charge on any atom is -0.378 e. The van der Waals surface area contributed by atoms with E-state index in [1.54, 1.807) is 0 Å². The molecule has 2 N–H and O–H groups in total. The number of benzene rings is 1. The first-order valence-corrected chi connectivity index (χ1v) is 6.65. The molecular formula is C15H22N2O. The molecule has 18 heavy (non-hydrogen) atoms. The largest absolute Gasteiger partial charge is 0.378 e. The van der Waals surface area contributed by atoms with Crippen LogP contribution in [0.4, 0.5) is 0 Å². The molecule has 0 bridgehead atoms. The molecule has 3 heteroatoms. The van der Waals surface area contributed by atoms with Crippen LogP contribution in [0.1, 0.15) is 25.1 Å². The van der Waals surface area contributed by atoms with Crippen LogP contribution >= 0.6 is 0 Å². The van der Waals surface area contributed by atoms with Crippen molar-refractivity contribution in [1.82, 2.24) is 9.88 Å². The van der Waals surface area contributed by atoms with Gasteiger partial charge in [-0.3, -0.25) is 4.90 Å². The Kier molecular flexibility index (Phi) is 4.04. The summed E-state index contributed by atoms with van der Waals surface area (Å²) in [7, 11) is 0. The van der Waals surface area contributed by atoms with Crippen molar-refractivity contribution in [3.63, 3.8) is 0 Å². The summed E-state index contributed by atoms with van der Waals surface area (Å²) in [4.78, 5) is 5.40. The highest BCUT2D eigenvalue weighted by atomic mass is 16.3. The lowest BCUT2D eigenvalue weighted by Gasteiger charge is -2.25. The molecule has 1 unspecified atom stereocenters. The third-order valence-electron chi connectivity index (χ3n) is 3.53. The number of aryl methyl sites for hydroxylation is 1. The predicted octanol–water partition coefficient (Wildman–Crippen LogP) is 2.68. The van der Waals surface area contributed by atoms with Gasteiger partial charge >= 0.3 is 0 Å². The molecule has 0 saturated carbocycles. The number of likely N-dealkylation sites (N-methyl/N-ethyl adjacent to an activating group) is 1. The molecule has 0 spiro atoms. The summed E-state index contributed by atoms with van der Waals surface area (Å²) in [6.45, 7) is 7.96. The number of aromatic amines is 1. The molecular weight excluding hydrogens is 224 g/mol. The van der Waals surface area contributed by atoms with E-state index in [1.807, 2.05) is 6.07 Å². The van der Waals surface area contributed by atoms with Crippen LogP contribution in [0.3, 0.4) is 0 Å². The molecule has 0 aliphatic carbocycles. The van der Waals surface area contributed by atoms with Crippen LogP contribution in [0.5, 0.6) is 0 Å². The van der Waals surface area contributed by atoms with Crippen molar-refractivity contribution in [1.29, 1.82) is 0 Å². The van der Waals surface area contributed by atoms with E-state index in [0.29, 0.717) is 6.42 Å². The minimum absolute atomic E-state index is 0.402. The molecule has 0 amide bonds. The van der Waals surface area contributed by atoms with Crippen molar-refractivity contribution in [3.8, 4) is 0 Å². The molecule has 98 valence electrons. The summed E-state index contributed by atoms with van der Waals surface area (Å²) in [5.74, 6) is 0. The number of aliphatic hydroxyl groups excluding tert-OH is 1. The maximum atomic E-state index is 10.2. The van der Waals surface area contributed by atoms with Crippen LogP contribution < -0.4 is 0 Å². The molecule has 1 atom stereocenters. The van der Waals surface area contributed by atoms with Crippen molar-refractivity contribution in [3.05, 3.63) is 35.5 Å². The van der Waals surface area contributed by atoms with Crippen LogP contribution in [-0.2, 0) is 6.42 Å². The topological polar surface area (TPSA) is 39.3 Å². The molecule has 1 aromatic heterocycles. The fraction of sp³-hybridized carbons (Fsp3) is 0.467. The number of hydrogen-bond donors (Lipinski definition) is 2. The molecule has 0 fully saturated rings. The van der Waals surface area contributed by atoms with Gasteiger partial charge in [0.1, 0.15) is 6.23 Å². The molecule has 0 saturated heterocycles. The average Bonchev–Trinajstić information content (AvgIpc) is 2.72. The Morgan fingerprint density at radius 2 is 2.00 bits per heavy atom. The quantitative estimate of drug-likeness (QED) is 0.796. The van der Waals surface area contributed by atoms with Gasteiger partial charge in [-0.2, -0.15) is 0 Å². The van der Waals surface area contributed by atoms with E-state index in [0.717, 1.165) is 24.3 Å². The van der Waals surface area contributed by atoms with E-state index in [2.05, 4.69) is 48.9 Å². The van der Waals surface area contributed by atoms with Crippen LogP contribution in [-0.4, -0.2) is 34.3 Å². The van der Waals surface area contributed by atoms with Gasteiger partial charge in [0.25, 0.3) is 0 Å².